The number of rotatable bonds is 4. The molecule has 1 aromatic rings. The quantitative estimate of drug-likeness (QED) is 0.753. The van der Waals surface area contributed by atoms with E-state index in [9.17, 15) is 4.79 Å². The largest absolute Gasteiger partial charge is 0.454 e. The minimum absolute atomic E-state index is 0.0850. The molecule has 3 aliphatic rings. The van der Waals surface area contributed by atoms with E-state index in [2.05, 4.69) is 47.0 Å². The van der Waals surface area contributed by atoms with E-state index in [4.69, 9.17) is 9.47 Å². The first-order chi connectivity index (χ1) is 12.1. The first kappa shape index (κ1) is 16.6. The molecule has 3 atom stereocenters. The number of amides is 1. The van der Waals surface area contributed by atoms with Crippen LogP contribution in [0.25, 0.3) is 0 Å². The molecular formula is C18H26N4O3. The van der Waals surface area contributed by atoms with Crippen LogP contribution < -0.4 is 25.6 Å². The molecule has 3 aliphatic heterocycles. The van der Waals surface area contributed by atoms with Gasteiger partial charge in [-0.05, 0) is 50.9 Å². The van der Waals surface area contributed by atoms with Crippen LogP contribution in [0.5, 0.6) is 11.5 Å². The molecule has 2 fully saturated rings. The lowest BCUT2D eigenvalue weighted by molar-refractivity contribution is -0.123. The van der Waals surface area contributed by atoms with Gasteiger partial charge in [-0.15, -0.1) is 0 Å². The first-order valence-electron chi connectivity index (χ1n) is 9.06. The SMILES string of the molecule is CC1NNC(C)C1NC(=O)CN1CCCC1c1ccc2c(c1)OCO2. The minimum atomic E-state index is 0.0850. The Kier molecular flexibility index (Phi) is 4.54. The van der Waals surface area contributed by atoms with E-state index in [0.717, 1.165) is 30.9 Å². The molecular weight excluding hydrogens is 320 g/mol. The van der Waals surface area contributed by atoms with E-state index in [1.54, 1.807) is 0 Å². The molecule has 25 heavy (non-hydrogen) atoms. The molecule has 136 valence electrons. The van der Waals surface area contributed by atoms with Crippen LogP contribution in [0.1, 0.15) is 38.3 Å². The van der Waals surface area contributed by atoms with Crippen molar-refractivity contribution in [3.63, 3.8) is 0 Å². The van der Waals surface area contributed by atoms with Crippen LogP contribution in [0.2, 0.25) is 0 Å². The van der Waals surface area contributed by atoms with Crippen LogP contribution in [0.4, 0.5) is 0 Å². The molecule has 3 heterocycles. The fraction of sp³-hybridized carbons (Fsp3) is 0.611. The molecule has 0 radical (unpaired) electrons. The molecule has 7 nitrogen and oxygen atoms in total. The van der Waals surface area contributed by atoms with Crippen molar-refractivity contribution >= 4 is 5.91 Å². The number of carbonyl (C=O) groups is 1. The van der Waals surface area contributed by atoms with Gasteiger partial charge in [-0.1, -0.05) is 6.07 Å². The second kappa shape index (κ2) is 6.82. The van der Waals surface area contributed by atoms with E-state index in [-0.39, 0.29) is 36.9 Å². The molecule has 0 aliphatic carbocycles. The average molecular weight is 346 g/mol. The van der Waals surface area contributed by atoms with Crippen LogP contribution in [-0.2, 0) is 4.79 Å². The number of benzene rings is 1. The van der Waals surface area contributed by atoms with Crippen LogP contribution in [0.3, 0.4) is 0 Å². The molecule has 0 spiro atoms. The molecule has 0 bridgehead atoms. The summed E-state index contributed by atoms with van der Waals surface area (Å²) in [5.41, 5.74) is 7.54. The van der Waals surface area contributed by atoms with E-state index in [1.165, 1.54) is 5.56 Å². The van der Waals surface area contributed by atoms with Crippen molar-refractivity contribution in [2.45, 2.75) is 50.9 Å². The number of nitrogens with one attached hydrogen (secondary N) is 3. The highest BCUT2D eigenvalue weighted by atomic mass is 16.7. The Morgan fingerprint density at radius 2 is 2.00 bits per heavy atom. The number of likely N-dealkylation sites (tertiary alicyclic amines) is 1. The maximum atomic E-state index is 12.6. The molecule has 4 rings (SSSR count). The van der Waals surface area contributed by atoms with Gasteiger partial charge in [-0.25, -0.2) is 0 Å². The highest BCUT2D eigenvalue weighted by Gasteiger charge is 2.33. The summed E-state index contributed by atoms with van der Waals surface area (Å²) in [5, 5.41) is 3.17. The number of nitrogens with zero attached hydrogens (tertiary/aromatic N) is 1. The predicted octanol–water partition coefficient (Wildman–Crippen LogP) is 0.922. The zero-order valence-corrected chi connectivity index (χ0v) is 14.7. The first-order valence-corrected chi connectivity index (χ1v) is 9.06. The van der Waals surface area contributed by atoms with Crippen molar-refractivity contribution in [2.75, 3.05) is 19.9 Å². The van der Waals surface area contributed by atoms with Crippen LogP contribution in [0.15, 0.2) is 18.2 Å². The Hall–Kier alpha value is -1.83. The van der Waals surface area contributed by atoms with Crippen LogP contribution in [-0.4, -0.2) is 48.8 Å². The van der Waals surface area contributed by atoms with Gasteiger partial charge in [0.1, 0.15) is 0 Å². The lowest BCUT2D eigenvalue weighted by Crippen LogP contribution is -2.49. The van der Waals surface area contributed by atoms with Crippen molar-refractivity contribution in [2.24, 2.45) is 0 Å². The summed E-state index contributed by atoms with van der Waals surface area (Å²) >= 11 is 0. The molecule has 2 saturated heterocycles. The average Bonchev–Trinajstić information content (AvgIpc) is 3.31. The zero-order valence-electron chi connectivity index (χ0n) is 14.7. The third kappa shape index (κ3) is 3.31. The van der Waals surface area contributed by atoms with Gasteiger partial charge in [-0.3, -0.25) is 20.5 Å². The van der Waals surface area contributed by atoms with Crippen molar-refractivity contribution in [3.8, 4) is 11.5 Å². The van der Waals surface area contributed by atoms with Crippen molar-refractivity contribution in [3.05, 3.63) is 23.8 Å². The summed E-state index contributed by atoms with van der Waals surface area (Å²) in [5.74, 6) is 1.69. The second-order valence-electron chi connectivity index (χ2n) is 7.20. The maximum absolute atomic E-state index is 12.6. The molecule has 0 saturated carbocycles. The minimum Gasteiger partial charge on any atom is -0.454 e. The fourth-order valence-corrected chi connectivity index (χ4v) is 4.05. The topological polar surface area (TPSA) is 74.9 Å². The molecule has 3 N–H and O–H groups in total. The monoisotopic (exact) mass is 346 g/mol. The molecule has 1 amide bonds. The summed E-state index contributed by atoms with van der Waals surface area (Å²) in [6.07, 6.45) is 2.16. The molecule has 3 unspecified atom stereocenters. The highest BCUT2D eigenvalue weighted by molar-refractivity contribution is 5.78. The highest BCUT2D eigenvalue weighted by Crippen LogP contribution is 2.38. The Bertz CT molecular complexity index is 643. The third-order valence-corrected chi connectivity index (χ3v) is 5.44. The Labute approximate surface area is 148 Å². The van der Waals surface area contributed by atoms with E-state index >= 15 is 0 Å². The Balaban J connectivity index is 1.40. The number of fused-ring (bicyclic) bond motifs is 1. The van der Waals surface area contributed by atoms with Gasteiger partial charge >= 0.3 is 0 Å². The second-order valence-corrected chi connectivity index (χ2v) is 7.20. The van der Waals surface area contributed by atoms with Crippen molar-refractivity contribution in [1.29, 1.82) is 0 Å². The van der Waals surface area contributed by atoms with Crippen LogP contribution >= 0.6 is 0 Å². The number of hydrogen-bond acceptors (Lipinski definition) is 6. The van der Waals surface area contributed by atoms with E-state index < -0.39 is 0 Å². The normalized spacial score (nSPS) is 31.4. The lowest BCUT2D eigenvalue weighted by Gasteiger charge is -2.26. The van der Waals surface area contributed by atoms with Gasteiger partial charge < -0.3 is 14.8 Å². The summed E-state index contributed by atoms with van der Waals surface area (Å²) in [4.78, 5) is 14.8. The van der Waals surface area contributed by atoms with E-state index in [1.807, 2.05) is 6.07 Å². The maximum Gasteiger partial charge on any atom is 0.234 e. The van der Waals surface area contributed by atoms with Gasteiger partial charge in [0.15, 0.2) is 11.5 Å². The lowest BCUT2D eigenvalue weighted by atomic mass is 10.0. The standard InChI is InChI=1S/C18H26N4O3/c1-11-18(12(2)21-20-11)19-17(23)9-22-7-3-4-14(22)13-5-6-15-16(8-13)25-10-24-15/h5-6,8,11-12,14,18,20-21H,3-4,7,9-10H2,1-2H3,(H,19,23). The molecule has 7 heteroatoms. The Morgan fingerprint density at radius 3 is 2.80 bits per heavy atom. The van der Waals surface area contributed by atoms with Gasteiger partial charge in [0, 0.05) is 18.1 Å². The smallest absolute Gasteiger partial charge is 0.234 e. The number of hydrazine groups is 1. The van der Waals surface area contributed by atoms with Crippen molar-refractivity contribution < 1.29 is 14.3 Å². The van der Waals surface area contributed by atoms with Gasteiger partial charge in [0.2, 0.25) is 12.7 Å². The Morgan fingerprint density at radius 1 is 1.24 bits per heavy atom. The number of hydrogen-bond donors (Lipinski definition) is 3. The molecule has 1 aromatic carbocycles. The molecule has 0 aromatic heterocycles. The summed E-state index contributed by atoms with van der Waals surface area (Å²) in [7, 11) is 0. The fourth-order valence-electron chi connectivity index (χ4n) is 4.05. The number of ether oxygens (including phenoxy) is 2. The third-order valence-electron chi connectivity index (χ3n) is 5.44. The predicted molar refractivity (Wildman–Crippen MR) is 93.2 cm³/mol. The van der Waals surface area contributed by atoms with Gasteiger partial charge in [0.25, 0.3) is 0 Å². The van der Waals surface area contributed by atoms with Crippen molar-refractivity contribution in [1.82, 2.24) is 21.1 Å². The summed E-state index contributed by atoms with van der Waals surface area (Å²) in [6, 6.07) is 6.92. The zero-order chi connectivity index (χ0) is 17.4. The van der Waals surface area contributed by atoms with Gasteiger partial charge in [0.05, 0.1) is 12.6 Å². The summed E-state index contributed by atoms with van der Waals surface area (Å²) < 4.78 is 10.9. The van der Waals surface area contributed by atoms with E-state index in [0.29, 0.717) is 6.54 Å². The van der Waals surface area contributed by atoms with Crippen LogP contribution in [0, 0.1) is 0 Å². The number of carbonyl (C=O) groups excluding carboxylic acids is 1. The van der Waals surface area contributed by atoms with Gasteiger partial charge in [-0.2, -0.15) is 0 Å². The summed E-state index contributed by atoms with van der Waals surface area (Å²) in [6.45, 7) is 5.81.